The molecule has 2 N–H and O–H groups in total. The first-order chi connectivity index (χ1) is 12.7. The van der Waals surface area contributed by atoms with Crippen LogP contribution >= 0.6 is 11.6 Å². The van der Waals surface area contributed by atoms with Crippen molar-refractivity contribution >= 4 is 40.0 Å². The van der Waals surface area contributed by atoms with Gasteiger partial charge in [-0.05, 0) is 39.3 Å². The second-order valence-electron chi connectivity index (χ2n) is 6.45. The number of ether oxygens (including phenoxy) is 1. The summed E-state index contributed by atoms with van der Waals surface area (Å²) in [5.74, 6) is -1.26. The molecule has 140 valence electrons. The van der Waals surface area contributed by atoms with E-state index in [-0.39, 0.29) is 22.2 Å². The van der Waals surface area contributed by atoms with Crippen molar-refractivity contribution < 1.29 is 19.1 Å². The molecular formula is C20H19ClN2O4. The molecule has 0 saturated carbocycles. The molecule has 0 aliphatic carbocycles. The molecule has 2 heterocycles. The van der Waals surface area contributed by atoms with Gasteiger partial charge in [0.2, 0.25) is 5.78 Å². The number of hydrogen-bond donors (Lipinski definition) is 2. The van der Waals surface area contributed by atoms with Gasteiger partial charge in [0.05, 0.1) is 10.7 Å². The van der Waals surface area contributed by atoms with Crippen molar-refractivity contribution in [3.63, 3.8) is 0 Å². The zero-order chi connectivity index (χ0) is 19.9. The zero-order valence-corrected chi connectivity index (χ0v) is 16.2. The first-order valence-electron chi connectivity index (χ1n) is 8.43. The standard InChI is InChI=1S/C20H19ClN2O4/c1-9-15(11(3)24)10(2)22-17(9)19(25)12(4)27-20(26)18-16(21)13-7-5-6-8-14(13)23-18/h5-8,12,22-23H,1-4H3. The van der Waals surface area contributed by atoms with Crippen LogP contribution in [-0.4, -0.2) is 33.6 Å². The van der Waals surface area contributed by atoms with E-state index in [0.717, 1.165) is 0 Å². The van der Waals surface area contributed by atoms with E-state index in [1.54, 1.807) is 26.0 Å². The summed E-state index contributed by atoms with van der Waals surface area (Å²) in [6, 6.07) is 7.21. The van der Waals surface area contributed by atoms with Crippen LogP contribution in [0, 0.1) is 13.8 Å². The van der Waals surface area contributed by atoms with E-state index in [9.17, 15) is 14.4 Å². The van der Waals surface area contributed by atoms with Crippen LogP contribution in [0.5, 0.6) is 0 Å². The molecule has 27 heavy (non-hydrogen) atoms. The Kier molecular flexibility index (Phi) is 4.93. The number of aromatic amines is 2. The minimum atomic E-state index is -1.04. The molecule has 6 nitrogen and oxygen atoms in total. The third kappa shape index (κ3) is 3.28. The number of ketones is 2. The highest BCUT2D eigenvalue weighted by molar-refractivity contribution is 6.38. The van der Waals surface area contributed by atoms with Crippen molar-refractivity contribution in [3.05, 3.63) is 57.5 Å². The van der Waals surface area contributed by atoms with E-state index < -0.39 is 17.9 Å². The van der Waals surface area contributed by atoms with E-state index in [1.807, 2.05) is 12.1 Å². The molecule has 1 unspecified atom stereocenters. The van der Waals surface area contributed by atoms with Gasteiger partial charge in [-0.3, -0.25) is 9.59 Å². The average Bonchev–Trinajstić information content (AvgIpc) is 3.11. The quantitative estimate of drug-likeness (QED) is 0.502. The number of hydrogen-bond acceptors (Lipinski definition) is 4. The molecule has 0 aliphatic rings. The van der Waals surface area contributed by atoms with Crippen LogP contribution in [0.1, 0.15) is 56.4 Å². The summed E-state index contributed by atoms with van der Waals surface area (Å²) >= 11 is 6.26. The van der Waals surface area contributed by atoms with Gasteiger partial charge in [-0.25, -0.2) is 4.79 Å². The number of carbonyl (C=O) groups excluding carboxylic acids is 3. The highest BCUT2D eigenvalue weighted by atomic mass is 35.5. The maximum atomic E-state index is 12.7. The van der Waals surface area contributed by atoms with Crippen LogP contribution in [0.25, 0.3) is 10.9 Å². The summed E-state index contributed by atoms with van der Waals surface area (Å²) in [5, 5.41) is 0.952. The van der Waals surface area contributed by atoms with Crippen molar-refractivity contribution in [2.24, 2.45) is 0 Å². The van der Waals surface area contributed by atoms with E-state index in [4.69, 9.17) is 16.3 Å². The van der Waals surface area contributed by atoms with Gasteiger partial charge in [0.25, 0.3) is 0 Å². The number of halogens is 1. The minimum Gasteiger partial charge on any atom is -0.449 e. The Morgan fingerprint density at radius 3 is 2.33 bits per heavy atom. The van der Waals surface area contributed by atoms with E-state index in [2.05, 4.69) is 9.97 Å². The Balaban J connectivity index is 1.84. The fourth-order valence-corrected chi connectivity index (χ4v) is 3.54. The summed E-state index contributed by atoms with van der Waals surface area (Å²) in [6.07, 6.45) is -1.04. The smallest absolute Gasteiger partial charge is 0.357 e. The normalized spacial score (nSPS) is 12.2. The average molecular weight is 387 g/mol. The number of nitrogens with one attached hydrogen (secondary N) is 2. The topological polar surface area (TPSA) is 92.0 Å². The Morgan fingerprint density at radius 1 is 1.07 bits per heavy atom. The van der Waals surface area contributed by atoms with Gasteiger partial charge < -0.3 is 14.7 Å². The number of para-hydroxylation sites is 1. The number of esters is 1. The maximum absolute atomic E-state index is 12.7. The number of aromatic nitrogens is 2. The van der Waals surface area contributed by atoms with Gasteiger partial charge in [0.1, 0.15) is 5.69 Å². The van der Waals surface area contributed by atoms with Gasteiger partial charge in [0.15, 0.2) is 11.9 Å². The lowest BCUT2D eigenvalue weighted by molar-refractivity contribution is 0.0312. The van der Waals surface area contributed by atoms with Gasteiger partial charge in [-0.15, -0.1) is 0 Å². The van der Waals surface area contributed by atoms with Crippen LogP contribution in [0.15, 0.2) is 24.3 Å². The van der Waals surface area contributed by atoms with Crippen LogP contribution in [0.2, 0.25) is 5.02 Å². The molecule has 3 aromatic rings. The predicted octanol–water partition coefficient (Wildman–Crippen LogP) is 4.40. The monoisotopic (exact) mass is 386 g/mol. The summed E-state index contributed by atoms with van der Waals surface area (Å²) in [7, 11) is 0. The van der Waals surface area contributed by atoms with Crippen molar-refractivity contribution in [1.29, 1.82) is 0 Å². The Bertz CT molecular complexity index is 1080. The number of H-pyrrole nitrogens is 2. The molecule has 0 amide bonds. The molecule has 0 fully saturated rings. The first-order valence-corrected chi connectivity index (χ1v) is 8.81. The van der Waals surface area contributed by atoms with Crippen molar-refractivity contribution in [2.45, 2.75) is 33.8 Å². The van der Waals surface area contributed by atoms with Crippen LogP contribution in [0.4, 0.5) is 0 Å². The second-order valence-corrected chi connectivity index (χ2v) is 6.83. The Labute approximate surface area is 160 Å². The molecular weight excluding hydrogens is 368 g/mol. The Hall–Kier alpha value is -2.86. The molecule has 0 bridgehead atoms. The van der Waals surface area contributed by atoms with E-state index in [1.165, 1.54) is 13.8 Å². The van der Waals surface area contributed by atoms with Crippen LogP contribution in [-0.2, 0) is 4.74 Å². The van der Waals surface area contributed by atoms with Crippen molar-refractivity contribution in [2.75, 3.05) is 0 Å². The third-order valence-electron chi connectivity index (χ3n) is 4.54. The van der Waals surface area contributed by atoms with Crippen LogP contribution < -0.4 is 0 Å². The maximum Gasteiger partial charge on any atom is 0.357 e. The van der Waals surface area contributed by atoms with E-state index >= 15 is 0 Å². The number of rotatable bonds is 5. The molecule has 1 aromatic carbocycles. The lowest BCUT2D eigenvalue weighted by Crippen LogP contribution is -2.25. The van der Waals surface area contributed by atoms with Crippen LogP contribution in [0.3, 0.4) is 0 Å². The first kappa shape index (κ1) is 18.9. The van der Waals surface area contributed by atoms with Crippen molar-refractivity contribution in [1.82, 2.24) is 9.97 Å². The summed E-state index contributed by atoms with van der Waals surface area (Å²) in [5.41, 5.74) is 2.71. The predicted molar refractivity (Wildman–Crippen MR) is 103 cm³/mol. The lowest BCUT2D eigenvalue weighted by atomic mass is 10.0. The van der Waals surface area contributed by atoms with Crippen molar-refractivity contribution in [3.8, 4) is 0 Å². The summed E-state index contributed by atoms with van der Waals surface area (Å²) in [4.78, 5) is 42.8. The van der Waals surface area contributed by atoms with Gasteiger partial charge in [0, 0.05) is 22.2 Å². The largest absolute Gasteiger partial charge is 0.449 e. The SMILES string of the molecule is CC(=O)c1c(C)[nH]c(C(=O)C(C)OC(=O)c2[nH]c3ccccc3c2Cl)c1C. The minimum absolute atomic E-state index is 0.0985. The third-order valence-corrected chi connectivity index (χ3v) is 4.93. The number of benzene rings is 1. The van der Waals surface area contributed by atoms with Gasteiger partial charge >= 0.3 is 5.97 Å². The lowest BCUT2D eigenvalue weighted by Gasteiger charge is -2.12. The summed E-state index contributed by atoms with van der Waals surface area (Å²) < 4.78 is 5.32. The second kappa shape index (κ2) is 7.04. The fourth-order valence-electron chi connectivity index (χ4n) is 3.25. The van der Waals surface area contributed by atoms with Gasteiger partial charge in [-0.2, -0.15) is 0 Å². The summed E-state index contributed by atoms with van der Waals surface area (Å²) in [6.45, 7) is 6.34. The fraction of sp³-hybridized carbons (Fsp3) is 0.250. The molecule has 0 radical (unpaired) electrons. The Morgan fingerprint density at radius 2 is 1.74 bits per heavy atom. The van der Waals surface area contributed by atoms with Gasteiger partial charge in [-0.1, -0.05) is 29.8 Å². The molecule has 0 spiro atoms. The number of aryl methyl sites for hydroxylation is 1. The molecule has 0 saturated heterocycles. The highest BCUT2D eigenvalue weighted by Gasteiger charge is 2.27. The zero-order valence-electron chi connectivity index (χ0n) is 15.4. The molecule has 7 heteroatoms. The number of Topliss-reactive ketones (excluding diaryl/α,β-unsaturated/α-hetero) is 2. The molecule has 1 atom stereocenters. The molecule has 0 aliphatic heterocycles. The highest BCUT2D eigenvalue weighted by Crippen LogP contribution is 2.28. The molecule has 2 aromatic heterocycles. The van der Waals surface area contributed by atoms with E-state index in [0.29, 0.717) is 27.7 Å². The number of carbonyl (C=O) groups is 3. The number of fused-ring (bicyclic) bond motifs is 1. The molecule has 3 rings (SSSR count).